The summed E-state index contributed by atoms with van der Waals surface area (Å²) < 4.78 is 5.47. The molecule has 0 fully saturated rings. The second kappa shape index (κ2) is 6.83. The molecule has 1 aromatic carbocycles. The topological polar surface area (TPSA) is 67.3 Å². The number of ether oxygens (including phenoxy) is 1. The summed E-state index contributed by atoms with van der Waals surface area (Å²) in [6, 6.07) is 8.90. The van der Waals surface area contributed by atoms with Gasteiger partial charge in [0.05, 0.1) is 12.2 Å². The molecule has 0 spiro atoms. The van der Waals surface area contributed by atoms with Gasteiger partial charge in [-0.2, -0.15) is 0 Å². The highest BCUT2D eigenvalue weighted by Crippen LogP contribution is 2.25. The summed E-state index contributed by atoms with van der Waals surface area (Å²) in [6.45, 7) is 6.76. The minimum Gasteiger partial charge on any atom is -0.444 e. The number of benzene rings is 1. The van der Waals surface area contributed by atoms with Crippen LogP contribution in [0.4, 0.5) is 10.7 Å². The van der Waals surface area contributed by atoms with Gasteiger partial charge in [-0.15, -0.1) is 0 Å². The Morgan fingerprint density at radius 1 is 1.19 bits per heavy atom. The molecule has 1 amide bonds. The molecule has 0 saturated carbocycles. The maximum Gasteiger partial charge on any atom is 0.410 e. The third-order valence-corrected chi connectivity index (χ3v) is 4.97. The van der Waals surface area contributed by atoms with Crippen molar-refractivity contribution < 1.29 is 9.53 Å². The lowest BCUT2D eigenvalue weighted by atomic mass is 10.1. The Morgan fingerprint density at radius 2 is 1.89 bits per heavy atom. The molecule has 142 valence electrons. The zero-order valence-electron chi connectivity index (χ0n) is 16.2. The molecule has 2 aliphatic rings. The van der Waals surface area contributed by atoms with Crippen molar-refractivity contribution in [2.45, 2.75) is 58.2 Å². The van der Waals surface area contributed by atoms with E-state index < -0.39 is 5.60 Å². The molecule has 6 heteroatoms. The van der Waals surface area contributed by atoms with Gasteiger partial charge < -0.3 is 15.0 Å². The molecule has 1 aromatic heterocycles. The number of hydrogen-bond acceptors (Lipinski definition) is 5. The van der Waals surface area contributed by atoms with Gasteiger partial charge in [0, 0.05) is 30.8 Å². The van der Waals surface area contributed by atoms with Crippen molar-refractivity contribution in [3.8, 4) is 0 Å². The van der Waals surface area contributed by atoms with Gasteiger partial charge >= 0.3 is 6.09 Å². The fourth-order valence-electron chi connectivity index (χ4n) is 3.71. The van der Waals surface area contributed by atoms with Gasteiger partial charge in [0.25, 0.3) is 0 Å². The van der Waals surface area contributed by atoms with Gasteiger partial charge in [-0.3, -0.25) is 0 Å². The Morgan fingerprint density at radius 3 is 2.56 bits per heavy atom. The molecular weight excluding hydrogens is 340 g/mol. The number of anilines is 1. The van der Waals surface area contributed by atoms with Crippen LogP contribution >= 0.6 is 0 Å². The van der Waals surface area contributed by atoms with E-state index in [2.05, 4.69) is 34.6 Å². The first-order valence-corrected chi connectivity index (χ1v) is 9.53. The largest absolute Gasteiger partial charge is 0.444 e. The molecule has 0 atom stereocenters. The first-order chi connectivity index (χ1) is 12.9. The SMILES string of the molecule is CC(C)(C)OC(=O)N1CCc2nc(NC3Cc4ccccc4C3)ncc2C1. The summed E-state index contributed by atoms with van der Waals surface area (Å²) in [6.07, 6.45) is 4.28. The zero-order valence-corrected chi connectivity index (χ0v) is 16.2. The van der Waals surface area contributed by atoms with Gasteiger partial charge in [0.1, 0.15) is 5.60 Å². The summed E-state index contributed by atoms with van der Waals surface area (Å²) in [5, 5.41) is 3.48. The van der Waals surface area contributed by atoms with E-state index in [1.54, 1.807) is 4.90 Å². The van der Waals surface area contributed by atoms with E-state index in [9.17, 15) is 4.79 Å². The van der Waals surface area contributed by atoms with E-state index in [-0.39, 0.29) is 6.09 Å². The number of nitrogens with one attached hydrogen (secondary N) is 1. The van der Waals surface area contributed by atoms with Crippen LogP contribution in [0.25, 0.3) is 0 Å². The average Bonchev–Trinajstić information content (AvgIpc) is 3.02. The average molecular weight is 366 g/mol. The fraction of sp³-hybridized carbons (Fsp3) is 0.476. The zero-order chi connectivity index (χ0) is 19.0. The van der Waals surface area contributed by atoms with Crippen LogP contribution in [0.15, 0.2) is 30.5 Å². The number of aromatic nitrogens is 2. The van der Waals surface area contributed by atoms with Crippen LogP contribution in [0.2, 0.25) is 0 Å². The lowest BCUT2D eigenvalue weighted by molar-refractivity contribution is 0.0222. The Labute approximate surface area is 160 Å². The number of amides is 1. The summed E-state index contributed by atoms with van der Waals surface area (Å²) >= 11 is 0. The van der Waals surface area contributed by atoms with Crippen molar-refractivity contribution in [1.29, 1.82) is 0 Å². The minimum atomic E-state index is -0.486. The fourth-order valence-corrected chi connectivity index (χ4v) is 3.71. The van der Waals surface area contributed by atoms with Crippen LogP contribution in [-0.2, 0) is 30.5 Å². The van der Waals surface area contributed by atoms with E-state index in [0.717, 1.165) is 30.5 Å². The molecule has 0 saturated heterocycles. The second-order valence-electron chi connectivity index (χ2n) is 8.34. The van der Waals surface area contributed by atoms with Gasteiger partial charge in [-0.25, -0.2) is 14.8 Å². The van der Waals surface area contributed by atoms with E-state index in [1.165, 1.54) is 11.1 Å². The monoisotopic (exact) mass is 366 g/mol. The van der Waals surface area contributed by atoms with Crippen LogP contribution < -0.4 is 5.32 Å². The standard InChI is InChI=1S/C21H26N4O2/c1-21(2,3)27-20(26)25-9-8-18-16(13-25)12-22-19(24-18)23-17-10-14-6-4-5-7-15(14)11-17/h4-7,12,17H,8-11,13H2,1-3H3,(H,22,23,24). The van der Waals surface area contributed by atoms with Crippen molar-refractivity contribution in [3.05, 3.63) is 52.8 Å². The predicted octanol–water partition coefficient (Wildman–Crippen LogP) is 3.35. The number of nitrogens with zero attached hydrogens (tertiary/aromatic N) is 3. The second-order valence-corrected chi connectivity index (χ2v) is 8.34. The van der Waals surface area contributed by atoms with Crippen molar-refractivity contribution in [2.75, 3.05) is 11.9 Å². The Hall–Kier alpha value is -2.63. The molecule has 27 heavy (non-hydrogen) atoms. The Bertz CT molecular complexity index is 835. The lowest BCUT2D eigenvalue weighted by Crippen LogP contribution is -2.40. The first kappa shape index (κ1) is 17.8. The molecule has 1 aliphatic carbocycles. The maximum absolute atomic E-state index is 12.3. The molecule has 1 N–H and O–H groups in total. The van der Waals surface area contributed by atoms with E-state index in [0.29, 0.717) is 25.1 Å². The molecule has 0 unspecified atom stereocenters. The van der Waals surface area contributed by atoms with E-state index >= 15 is 0 Å². The van der Waals surface area contributed by atoms with E-state index in [4.69, 9.17) is 9.72 Å². The first-order valence-electron chi connectivity index (χ1n) is 9.53. The van der Waals surface area contributed by atoms with Crippen LogP contribution in [-0.4, -0.2) is 39.1 Å². The van der Waals surface area contributed by atoms with Crippen molar-refractivity contribution in [2.24, 2.45) is 0 Å². The predicted molar refractivity (Wildman–Crippen MR) is 104 cm³/mol. The van der Waals surface area contributed by atoms with Gasteiger partial charge in [0.15, 0.2) is 0 Å². The number of hydrogen-bond donors (Lipinski definition) is 1. The number of carbonyl (C=O) groups is 1. The number of fused-ring (bicyclic) bond motifs is 2. The molecule has 2 aromatic rings. The highest BCUT2D eigenvalue weighted by atomic mass is 16.6. The van der Waals surface area contributed by atoms with Crippen LogP contribution in [0.1, 0.15) is 43.2 Å². The van der Waals surface area contributed by atoms with Crippen LogP contribution in [0.3, 0.4) is 0 Å². The molecule has 6 nitrogen and oxygen atoms in total. The van der Waals surface area contributed by atoms with Crippen molar-refractivity contribution in [3.63, 3.8) is 0 Å². The van der Waals surface area contributed by atoms with Crippen molar-refractivity contribution in [1.82, 2.24) is 14.9 Å². The summed E-state index contributed by atoms with van der Waals surface area (Å²) in [5.41, 5.74) is 4.33. The lowest BCUT2D eigenvalue weighted by Gasteiger charge is -2.30. The van der Waals surface area contributed by atoms with Gasteiger partial charge in [-0.05, 0) is 44.7 Å². The summed E-state index contributed by atoms with van der Waals surface area (Å²) in [4.78, 5) is 23.2. The van der Waals surface area contributed by atoms with Crippen LogP contribution in [0.5, 0.6) is 0 Å². The smallest absolute Gasteiger partial charge is 0.410 e. The normalized spacial score (nSPS) is 16.6. The summed E-state index contributed by atoms with van der Waals surface area (Å²) in [7, 11) is 0. The van der Waals surface area contributed by atoms with Gasteiger partial charge in [0.2, 0.25) is 5.95 Å². The third-order valence-electron chi connectivity index (χ3n) is 4.97. The third kappa shape index (κ3) is 4.04. The maximum atomic E-state index is 12.3. The summed E-state index contributed by atoms with van der Waals surface area (Å²) in [5.74, 6) is 0.678. The Balaban J connectivity index is 1.40. The Kier molecular flexibility index (Phi) is 4.50. The van der Waals surface area contributed by atoms with Crippen LogP contribution in [0, 0.1) is 0 Å². The number of rotatable bonds is 2. The van der Waals surface area contributed by atoms with Gasteiger partial charge in [-0.1, -0.05) is 24.3 Å². The highest BCUT2D eigenvalue weighted by Gasteiger charge is 2.27. The molecule has 1 aliphatic heterocycles. The number of carbonyl (C=O) groups excluding carboxylic acids is 1. The quantitative estimate of drug-likeness (QED) is 0.883. The molecule has 0 radical (unpaired) electrons. The van der Waals surface area contributed by atoms with Crippen molar-refractivity contribution >= 4 is 12.0 Å². The molecular formula is C21H26N4O2. The minimum absolute atomic E-state index is 0.279. The molecule has 4 rings (SSSR count). The highest BCUT2D eigenvalue weighted by molar-refractivity contribution is 5.68. The molecule has 0 bridgehead atoms. The molecule has 2 heterocycles. The van der Waals surface area contributed by atoms with E-state index in [1.807, 2.05) is 27.0 Å².